The van der Waals surface area contributed by atoms with Crippen LogP contribution >= 0.6 is 0 Å². The van der Waals surface area contributed by atoms with E-state index in [0.717, 1.165) is 32.5 Å². The molecule has 1 aromatic rings. The lowest BCUT2D eigenvalue weighted by Gasteiger charge is -2.48. The molecule has 2 aliphatic rings. The maximum absolute atomic E-state index is 11.8. The first-order valence-corrected chi connectivity index (χ1v) is 10.4. The zero-order chi connectivity index (χ0) is 19.3. The summed E-state index contributed by atoms with van der Waals surface area (Å²) in [6, 6.07) is 11.1. The van der Waals surface area contributed by atoms with Gasteiger partial charge in [-0.3, -0.25) is 4.90 Å². The zero-order valence-corrected chi connectivity index (χ0v) is 17.2. The molecule has 1 aromatic carbocycles. The third-order valence-corrected chi connectivity index (χ3v) is 5.80. The largest absolute Gasteiger partial charge is 0.444 e. The molecule has 5 nitrogen and oxygen atoms in total. The minimum Gasteiger partial charge on any atom is -0.444 e. The maximum atomic E-state index is 11.8. The van der Waals surface area contributed by atoms with E-state index in [1.54, 1.807) is 0 Å². The molecule has 5 heteroatoms. The van der Waals surface area contributed by atoms with E-state index in [9.17, 15) is 4.79 Å². The average Bonchev–Trinajstić information content (AvgIpc) is 3.17. The summed E-state index contributed by atoms with van der Waals surface area (Å²) in [5.41, 5.74) is 1.21. The zero-order valence-electron chi connectivity index (χ0n) is 17.2. The molecule has 0 aliphatic carbocycles. The summed E-state index contributed by atoms with van der Waals surface area (Å²) < 4.78 is 5.31. The van der Waals surface area contributed by atoms with Crippen LogP contribution in [0, 0.1) is 0 Å². The van der Waals surface area contributed by atoms with Crippen molar-refractivity contribution in [3.05, 3.63) is 35.9 Å². The highest BCUT2D eigenvalue weighted by Crippen LogP contribution is 2.40. The van der Waals surface area contributed by atoms with E-state index in [4.69, 9.17) is 4.74 Å². The van der Waals surface area contributed by atoms with Gasteiger partial charge in [0.05, 0.1) is 0 Å². The summed E-state index contributed by atoms with van der Waals surface area (Å²) in [5, 5.41) is 2.88. The lowest BCUT2D eigenvalue weighted by atomic mass is 9.79. The molecule has 0 saturated carbocycles. The molecule has 2 heterocycles. The highest BCUT2D eigenvalue weighted by molar-refractivity contribution is 5.67. The number of nitrogens with one attached hydrogen (secondary N) is 1. The molecular weight excluding hydrogens is 338 g/mol. The van der Waals surface area contributed by atoms with E-state index in [1.165, 1.54) is 31.5 Å². The standard InChI is InChI=1S/C22H35N3O2/c1-21(2,3)27-20(26)23-13-18-24-16-11-22(12-17-24,25-14-7-8-15-25)19-9-5-4-6-10-19/h4-6,9-10H,7-8,11-18H2,1-3H3,(H,23,26). The first-order valence-electron chi connectivity index (χ1n) is 10.4. The van der Waals surface area contributed by atoms with Crippen LogP contribution < -0.4 is 5.32 Å². The van der Waals surface area contributed by atoms with Gasteiger partial charge in [0, 0.05) is 31.7 Å². The first kappa shape index (κ1) is 20.2. The molecular formula is C22H35N3O2. The Kier molecular flexibility index (Phi) is 6.43. The third-order valence-electron chi connectivity index (χ3n) is 5.80. The van der Waals surface area contributed by atoms with Crippen molar-refractivity contribution in [2.45, 2.75) is 57.6 Å². The Morgan fingerprint density at radius 3 is 2.30 bits per heavy atom. The number of likely N-dealkylation sites (tertiary alicyclic amines) is 2. The smallest absolute Gasteiger partial charge is 0.407 e. The Morgan fingerprint density at radius 2 is 1.70 bits per heavy atom. The summed E-state index contributed by atoms with van der Waals surface area (Å²) in [5.74, 6) is 0. The van der Waals surface area contributed by atoms with Gasteiger partial charge in [-0.15, -0.1) is 0 Å². The average molecular weight is 374 g/mol. The molecule has 0 radical (unpaired) electrons. The van der Waals surface area contributed by atoms with Gasteiger partial charge in [-0.05, 0) is 65.1 Å². The van der Waals surface area contributed by atoms with Gasteiger partial charge in [0.1, 0.15) is 5.60 Å². The molecule has 0 aromatic heterocycles. The van der Waals surface area contributed by atoms with Crippen LogP contribution in [0.4, 0.5) is 4.79 Å². The van der Waals surface area contributed by atoms with Gasteiger partial charge in [0.15, 0.2) is 0 Å². The fourth-order valence-electron chi connectivity index (χ4n) is 4.46. The Labute approximate surface area is 164 Å². The minimum atomic E-state index is -0.444. The van der Waals surface area contributed by atoms with Crippen LogP contribution in [0.25, 0.3) is 0 Å². The van der Waals surface area contributed by atoms with Crippen LogP contribution in [0.2, 0.25) is 0 Å². The van der Waals surface area contributed by atoms with Crippen molar-refractivity contribution >= 4 is 6.09 Å². The van der Waals surface area contributed by atoms with Gasteiger partial charge in [0.25, 0.3) is 0 Å². The number of nitrogens with zero attached hydrogens (tertiary/aromatic N) is 2. The number of amides is 1. The molecule has 0 bridgehead atoms. The van der Waals surface area contributed by atoms with Gasteiger partial charge in [0.2, 0.25) is 0 Å². The SMILES string of the molecule is CC(C)(C)OC(=O)NCCN1CCC(c2ccccc2)(N2CCCC2)CC1. The predicted molar refractivity (Wildman–Crippen MR) is 109 cm³/mol. The van der Waals surface area contributed by atoms with Crippen molar-refractivity contribution < 1.29 is 9.53 Å². The van der Waals surface area contributed by atoms with Crippen molar-refractivity contribution in [2.24, 2.45) is 0 Å². The number of benzene rings is 1. The molecule has 0 atom stereocenters. The van der Waals surface area contributed by atoms with Gasteiger partial charge < -0.3 is 15.0 Å². The lowest BCUT2D eigenvalue weighted by Crippen LogP contribution is -2.53. The molecule has 27 heavy (non-hydrogen) atoms. The molecule has 1 N–H and O–H groups in total. The topological polar surface area (TPSA) is 44.8 Å². The van der Waals surface area contributed by atoms with Crippen LogP contribution in [0.3, 0.4) is 0 Å². The van der Waals surface area contributed by atoms with Crippen LogP contribution in [0.15, 0.2) is 30.3 Å². The summed E-state index contributed by atoms with van der Waals surface area (Å²) >= 11 is 0. The number of hydrogen-bond donors (Lipinski definition) is 1. The summed E-state index contributed by atoms with van der Waals surface area (Å²) in [7, 11) is 0. The summed E-state index contributed by atoms with van der Waals surface area (Å²) in [6.45, 7) is 11.8. The van der Waals surface area contributed by atoms with Gasteiger partial charge in [-0.2, -0.15) is 0 Å². The van der Waals surface area contributed by atoms with Gasteiger partial charge in [-0.1, -0.05) is 30.3 Å². The van der Waals surface area contributed by atoms with E-state index in [0.29, 0.717) is 6.54 Å². The number of ether oxygens (including phenoxy) is 1. The van der Waals surface area contributed by atoms with Crippen molar-refractivity contribution in [3.63, 3.8) is 0 Å². The van der Waals surface area contributed by atoms with Gasteiger partial charge in [-0.25, -0.2) is 4.79 Å². The molecule has 2 saturated heterocycles. The molecule has 1 amide bonds. The quantitative estimate of drug-likeness (QED) is 0.857. The Bertz CT molecular complexity index is 598. The Hall–Kier alpha value is -1.59. The van der Waals surface area contributed by atoms with Crippen molar-refractivity contribution in [1.29, 1.82) is 0 Å². The van der Waals surface area contributed by atoms with E-state index in [-0.39, 0.29) is 11.6 Å². The van der Waals surface area contributed by atoms with Crippen LogP contribution in [0.5, 0.6) is 0 Å². The first-order chi connectivity index (χ1) is 12.9. The number of rotatable bonds is 5. The molecule has 150 valence electrons. The Balaban J connectivity index is 1.53. The highest BCUT2D eigenvalue weighted by atomic mass is 16.6. The molecule has 3 rings (SSSR count). The second-order valence-corrected chi connectivity index (χ2v) is 8.86. The number of alkyl carbamates (subject to hydrolysis) is 1. The number of carbonyl (C=O) groups is 1. The predicted octanol–water partition coefficient (Wildman–Crippen LogP) is 3.60. The fourth-order valence-corrected chi connectivity index (χ4v) is 4.46. The van der Waals surface area contributed by atoms with Crippen molar-refractivity contribution in [1.82, 2.24) is 15.1 Å². The van der Waals surface area contributed by atoms with E-state index in [2.05, 4.69) is 45.4 Å². The number of piperidine rings is 1. The normalized spacial score (nSPS) is 21.1. The van der Waals surface area contributed by atoms with Crippen molar-refractivity contribution in [2.75, 3.05) is 39.3 Å². The van der Waals surface area contributed by atoms with Crippen LogP contribution in [-0.2, 0) is 10.3 Å². The molecule has 2 fully saturated rings. The van der Waals surface area contributed by atoms with Crippen LogP contribution in [0.1, 0.15) is 52.0 Å². The minimum absolute atomic E-state index is 0.187. The van der Waals surface area contributed by atoms with Crippen LogP contribution in [-0.4, -0.2) is 60.8 Å². The van der Waals surface area contributed by atoms with Crippen molar-refractivity contribution in [3.8, 4) is 0 Å². The fraction of sp³-hybridized carbons (Fsp3) is 0.682. The molecule has 2 aliphatic heterocycles. The summed E-state index contributed by atoms with van der Waals surface area (Å²) in [6.07, 6.45) is 4.62. The molecule has 0 spiro atoms. The number of carbonyl (C=O) groups excluding carboxylic acids is 1. The highest BCUT2D eigenvalue weighted by Gasteiger charge is 2.41. The Morgan fingerprint density at radius 1 is 1.07 bits per heavy atom. The third kappa shape index (κ3) is 5.23. The second-order valence-electron chi connectivity index (χ2n) is 8.86. The molecule has 0 unspecified atom stereocenters. The number of hydrogen-bond acceptors (Lipinski definition) is 4. The van der Waals surface area contributed by atoms with Gasteiger partial charge >= 0.3 is 6.09 Å². The lowest BCUT2D eigenvalue weighted by molar-refractivity contribution is 0.0325. The maximum Gasteiger partial charge on any atom is 0.407 e. The van der Waals surface area contributed by atoms with E-state index < -0.39 is 5.60 Å². The second kappa shape index (κ2) is 8.61. The summed E-state index contributed by atoms with van der Waals surface area (Å²) in [4.78, 5) is 17.0. The monoisotopic (exact) mass is 373 g/mol. The van der Waals surface area contributed by atoms with E-state index >= 15 is 0 Å². The van der Waals surface area contributed by atoms with E-state index in [1.807, 2.05) is 20.8 Å².